The van der Waals surface area contributed by atoms with Gasteiger partial charge in [-0.1, -0.05) is 13.8 Å². The lowest BCUT2D eigenvalue weighted by Crippen LogP contribution is -2.26. The molecule has 0 aromatic carbocycles. The summed E-state index contributed by atoms with van der Waals surface area (Å²) in [5, 5.41) is 2.88. The molecule has 0 aromatic heterocycles. The quantitative estimate of drug-likeness (QED) is 0.647. The van der Waals surface area contributed by atoms with Gasteiger partial charge in [-0.3, -0.25) is 4.79 Å². The van der Waals surface area contributed by atoms with Crippen molar-refractivity contribution in [3.05, 3.63) is 0 Å². The van der Waals surface area contributed by atoms with Gasteiger partial charge in [0.15, 0.2) is 0 Å². The second-order valence-corrected chi connectivity index (χ2v) is 4.19. The van der Waals surface area contributed by atoms with Crippen LogP contribution in [0.25, 0.3) is 0 Å². The van der Waals surface area contributed by atoms with E-state index in [4.69, 9.17) is 0 Å². The standard InChI is InChI=1S/C9H19NOS/c1-8(2)5-4-6-10-9(11)7-12-3/h8H,4-7H2,1-3H3,(H,10,11). The first-order valence-corrected chi connectivity index (χ1v) is 5.81. The maximum atomic E-state index is 11.0. The van der Waals surface area contributed by atoms with Crippen LogP contribution < -0.4 is 5.32 Å². The van der Waals surface area contributed by atoms with Crippen LogP contribution in [0.4, 0.5) is 0 Å². The number of hydrogen-bond acceptors (Lipinski definition) is 2. The van der Waals surface area contributed by atoms with E-state index in [1.54, 1.807) is 11.8 Å². The van der Waals surface area contributed by atoms with Gasteiger partial charge in [0, 0.05) is 6.54 Å². The normalized spacial score (nSPS) is 10.3. The topological polar surface area (TPSA) is 29.1 Å². The van der Waals surface area contributed by atoms with Crippen molar-refractivity contribution in [1.82, 2.24) is 5.32 Å². The second kappa shape index (κ2) is 7.47. The second-order valence-electron chi connectivity index (χ2n) is 3.32. The van der Waals surface area contributed by atoms with E-state index in [0.717, 1.165) is 18.9 Å². The smallest absolute Gasteiger partial charge is 0.229 e. The van der Waals surface area contributed by atoms with Gasteiger partial charge in [-0.05, 0) is 25.0 Å². The van der Waals surface area contributed by atoms with Crippen molar-refractivity contribution in [3.8, 4) is 0 Å². The van der Waals surface area contributed by atoms with E-state index in [1.165, 1.54) is 6.42 Å². The molecule has 0 aliphatic rings. The largest absolute Gasteiger partial charge is 0.355 e. The third-order valence-corrected chi connectivity index (χ3v) is 2.11. The third kappa shape index (κ3) is 7.92. The summed E-state index contributed by atoms with van der Waals surface area (Å²) in [5.41, 5.74) is 0. The number of nitrogens with one attached hydrogen (secondary N) is 1. The van der Waals surface area contributed by atoms with Gasteiger partial charge in [-0.2, -0.15) is 11.8 Å². The number of amides is 1. The summed E-state index contributed by atoms with van der Waals surface area (Å²) < 4.78 is 0. The molecule has 0 unspecified atom stereocenters. The Morgan fingerprint density at radius 2 is 2.17 bits per heavy atom. The maximum absolute atomic E-state index is 11.0. The fourth-order valence-electron chi connectivity index (χ4n) is 0.920. The van der Waals surface area contributed by atoms with Crippen LogP contribution in [0.2, 0.25) is 0 Å². The predicted molar refractivity (Wildman–Crippen MR) is 55.5 cm³/mol. The minimum absolute atomic E-state index is 0.159. The van der Waals surface area contributed by atoms with Crippen LogP contribution in [0, 0.1) is 5.92 Å². The summed E-state index contributed by atoms with van der Waals surface area (Å²) in [6, 6.07) is 0. The van der Waals surface area contributed by atoms with E-state index >= 15 is 0 Å². The van der Waals surface area contributed by atoms with Crippen molar-refractivity contribution in [2.45, 2.75) is 26.7 Å². The Balaban J connectivity index is 3.14. The summed E-state index contributed by atoms with van der Waals surface area (Å²) in [7, 11) is 0. The number of carbonyl (C=O) groups is 1. The van der Waals surface area contributed by atoms with Gasteiger partial charge in [0.1, 0.15) is 0 Å². The molecule has 1 amide bonds. The van der Waals surface area contributed by atoms with Crippen LogP contribution in [0.3, 0.4) is 0 Å². The van der Waals surface area contributed by atoms with E-state index in [-0.39, 0.29) is 5.91 Å². The van der Waals surface area contributed by atoms with Crippen LogP contribution in [0.5, 0.6) is 0 Å². The van der Waals surface area contributed by atoms with Gasteiger partial charge in [-0.25, -0.2) is 0 Å². The molecule has 0 fully saturated rings. The number of carbonyl (C=O) groups excluding carboxylic acids is 1. The van der Waals surface area contributed by atoms with Crippen LogP contribution in [-0.4, -0.2) is 24.5 Å². The Bertz CT molecular complexity index is 126. The Morgan fingerprint density at radius 3 is 2.67 bits per heavy atom. The predicted octanol–water partition coefficient (Wildman–Crippen LogP) is 1.90. The summed E-state index contributed by atoms with van der Waals surface area (Å²) in [6.07, 6.45) is 4.23. The van der Waals surface area contributed by atoms with E-state index in [1.807, 2.05) is 6.26 Å². The van der Waals surface area contributed by atoms with Gasteiger partial charge >= 0.3 is 0 Å². The number of rotatable bonds is 6. The number of hydrogen-bond donors (Lipinski definition) is 1. The molecule has 2 nitrogen and oxygen atoms in total. The SMILES string of the molecule is CSCC(=O)NCCCC(C)C. The molecule has 0 atom stereocenters. The molecule has 3 heteroatoms. The minimum atomic E-state index is 0.159. The van der Waals surface area contributed by atoms with Crippen molar-refractivity contribution in [2.75, 3.05) is 18.6 Å². The monoisotopic (exact) mass is 189 g/mol. The van der Waals surface area contributed by atoms with Crippen LogP contribution in [0.15, 0.2) is 0 Å². The van der Waals surface area contributed by atoms with E-state index in [0.29, 0.717) is 5.75 Å². The first-order chi connectivity index (χ1) is 5.66. The van der Waals surface area contributed by atoms with Gasteiger partial charge in [-0.15, -0.1) is 0 Å². The lowest BCUT2D eigenvalue weighted by molar-refractivity contribution is -0.118. The minimum Gasteiger partial charge on any atom is -0.355 e. The highest BCUT2D eigenvalue weighted by Crippen LogP contribution is 2.01. The van der Waals surface area contributed by atoms with Crippen molar-refractivity contribution in [2.24, 2.45) is 5.92 Å². The van der Waals surface area contributed by atoms with Crippen molar-refractivity contribution >= 4 is 17.7 Å². The Hall–Kier alpha value is -0.180. The Labute approximate surface area is 79.5 Å². The van der Waals surface area contributed by atoms with E-state index in [9.17, 15) is 4.79 Å². The highest BCUT2D eigenvalue weighted by Gasteiger charge is 1.98. The van der Waals surface area contributed by atoms with Gasteiger partial charge in [0.2, 0.25) is 5.91 Å². The molecule has 0 aliphatic carbocycles. The molecule has 72 valence electrons. The zero-order chi connectivity index (χ0) is 9.40. The molecule has 0 aliphatic heterocycles. The highest BCUT2D eigenvalue weighted by atomic mass is 32.2. The fourth-order valence-corrected chi connectivity index (χ4v) is 1.28. The van der Waals surface area contributed by atoms with Crippen molar-refractivity contribution in [1.29, 1.82) is 0 Å². The summed E-state index contributed by atoms with van der Waals surface area (Å²) >= 11 is 1.56. The zero-order valence-electron chi connectivity index (χ0n) is 8.22. The molecular formula is C9H19NOS. The van der Waals surface area contributed by atoms with Gasteiger partial charge < -0.3 is 5.32 Å². The van der Waals surface area contributed by atoms with E-state index < -0.39 is 0 Å². The Kier molecular flexibility index (Phi) is 7.36. The molecule has 0 bridgehead atoms. The lowest BCUT2D eigenvalue weighted by Gasteiger charge is -2.05. The average Bonchev–Trinajstić information content (AvgIpc) is 1.98. The van der Waals surface area contributed by atoms with Gasteiger partial charge in [0.25, 0.3) is 0 Å². The zero-order valence-corrected chi connectivity index (χ0v) is 9.04. The lowest BCUT2D eigenvalue weighted by atomic mass is 10.1. The molecule has 1 N–H and O–H groups in total. The first-order valence-electron chi connectivity index (χ1n) is 4.42. The van der Waals surface area contributed by atoms with Crippen LogP contribution >= 0.6 is 11.8 Å². The van der Waals surface area contributed by atoms with E-state index in [2.05, 4.69) is 19.2 Å². The molecule has 0 rings (SSSR count). The summed E-state index contributed by atoms with van der Waals surface area (Å²) in [5.74, 6) is 1.48. The average molecular weight is 189 g/mol. The van der Waals surface area contributed by atoms with Crippen LogP contribution in [-0.2, 0) is 4.79 Å². The molecule has 12 heavy (non-hydrogen) atoms. The van der Waals surface area contributed by atoms with Gasteiger partial charge in [0.05, 0.1) is 5.75 Å². The molecule has 0 aromatic rings. The Morgan fingerprint density at radius 1 is 1.50 bits per heavy atom. The fraction of sp³-hybridized carbons (Fsp3) is 0.889. The molecule has 0 heterocycles. The maximum Gasteiger partial charge on any atom is 0.229 e. The number of thioether (sulfide) groups is 1. The summed E-state index contributed by atoms with van der Waals surface area (Å²) in [4.78, 5) is 11.0. The molecule has 0 spiro atoms. The summed E-state index contributed by atoms with van der Waals surface area (Å²) in [6.45, 7) is 5.23. The highest BCUT2D eigenvalue weighted by molar-refractivity contribution is 7.99. The molecule has 0 saturated heterocycles. The molecule has 0 radical (unpaired) electrons. The third-order valence-electron chi connectivity index (χ3n) is 1.56. The molecule has 0 saturated carbocycles. The van der Waals surface area contributed by atoms with Crippen LogP contribution in [0.1, 0.15) is 26.7 Å². The van der Waals surface area contributed by atoms with Crippen molar-refractivity contribution < 1.29 is 4.79 Å². The van der Waals surface area contributed by atoms with Crippen molar-refractivity contribution in [3.63, 3.8) is 0 Å². The molecular weight excluding hydrogens is 170 g/mol. The first kappa shape index (κ1) is 11.8.